The Kier molecular flexibility index (Phi) is 6.88. The van der Waals surface area contributed by atoms with Crippen LogP contribution in [0.5, 0.6) is 0 Å². The molecule has 1 atom stereocenters. The SMILES string of the molecule is CO[Si](C)(C)C(C)CCCS(=O)(=O)NS(=O)(=O)C(F)(F)F. The predicted molar refractivity (Wildman–Crippen MR) is 75.0 cm³/mol. The summed E-state index contributed by atoms with van der Waals surface area (Å²) in [5.74, 6) is -0.694. The second-order valence-electron chi connectivity index (χ2n) is 5.20. The second-order valence-corrected chi connectivity index (χ2v) is 13.6. The van der Waals surface area contributed by atoms with E-state index in [0.717, 1.165) is 0 Å². The summed E-state index contributed by atoms with van der Waals surface area (Å²) in [5, 5.41) is 0. The first-order valence-electron chi connectivity index (χ1n) is 6.02. The number of alkyl halides is 3. The molecule has 0 spiro atoms. The molecule has 0 aliphatic rings. The first-order valence-corrected chi connectivity index (χ1v) is 12.1. The Morgan fingerprint density at radius 3 is 2.05 bits per heavy atom. The van der Waals surface area contributed by atoms with Gasteiger partial charge in [-0.1, -0.05) is 6.92 Å². The molecule has 0 saturated heterocycles. The van der Waals surface area contributed by atoms with Crippen LogP contribution in [-0.4, -0.2) is 43.5 Å². The second kappa shape index (κ2) is 6.94. The molecular weight excluding hydrogens is 351 g/mol. The summed E-state index contributed by atoms with van der Waals surface area (Å²) < 4.78 is 86.6. The first kappa shape index (κ1) is 20.8. The lowest BCUT2D eigenvalue weighted by atomic mass is 10.3. The molecule has 0 radical (unpaired) electrons. The molecule has 0 aromatic rings. The third-order valence-electron chi connectivity index (χ3n) is 3.30. The number of halogens is 3. The number of hydrogen-bond donors (Lipinski definition) is 1. The van der Waals surface area contributed by atoms with Crippen LogP contribution in [0, 0.1) is 0 Å². The molecule has 6 nitrogen and oxygen atoms in total. The topological polar surface area (TPSA) is 89.5 Å². The number of rotatable bonds is 8. The summed E-state index contributed by atoms with van der Waals surface area (Å²) in [6.45, 7) is 5.72. The molecular formula is C9H20F3NO5S2Si. The van der Waals surface area contributed by atoms with Crippen LogP contribution in [0.3, 0.4) is 0 Å². The molecule has 12 heteroatoms. The van der Waals surface area contributed by atoms with Gasteiger partial charge >= 0.3 is 15.5 Å². The summed E-state index contributed by atoms with van der Waals surface area (Å²) in [6.07, 6.45) is 0.462. The Balaban J connectivity index is 4.61. The van der Waals surface area contributed by atoms with E-state index in [0.29, 0.717) is 10.5 Å². The van der Waals surface area contributed by atoms with Gasteiger partial charge in [0.2, 0.25) is 10.0 Å². The summed E-state index contributed by atoms with van der Waals surface area (Å²) in [6, 6.07) is 0. The summed E-state index contributed by atoms with van der Waals surface area (Å²) in [4.78, 5) is 0. The van der Waals surface area contributed by atoms with Gasteiger partial charge in [-0.25, -0.2) is 16.8 Å². The van der Waals surface area contributed by atoms with E-state index in [1.165, 1.54) is 0 Å². The van der Waals surface area contributed by atoms with Gasteiger partial charge < -0.3 is 4.43 Å². The van der Waals surface area contributed by atoms with E-state index in [1.807, 2.05) is 20.0 Å². The summed E-state index contributed by atoms with van der Waals surface area (Å²) >= 11 is 0. The maximum absolute atomic E-state index is 12.1. The van der Waals surface area contributed by atoms with Gasteiger partial charge in [-0.05, 0) is 31.5 Å². The Morgan fingerprint density at radius 2 is 1.67 bits per heavy atom. The van der Waals surface area contributed by atoms with Crippen molar-refractivity contribution in [1.29, 1.82) is 0 Å². The zero-order valence-electron chi connectivity index (χ0n) is 12.2. The average Bonchev–Trinajstić information content (AvgIpc) is 2.25. The van der Waals surface area contributed by atoms with Crippen LogP contribution in [-0.2, 0) is 24.5 Å². The minimum absolute atomic E-state index is 0.0453. The molecule has 1 unspecified atom stereocenters. The lowest BCUT2D eigenvalue weighted by Gasteiger charge is -2.27. The summed E-state index contributed by atoms with van der Waals surface area (Å²) in [7, 11) is -10.9. The fourth-order valence-electron chi connectivity index (χ4n) is 1.38. The molecule has 21 heavy (non-hydrogen) atoms. The van der Waals surface area contributed by atoms with E-state index in [9.17, 15) is 30.0 Å². The Hall–Kier alpha value is -0.173. The molecule has 0 bridgehead atoms. The van der Waals surface area contributed by atoms with Gasteiger partial charge in [-0.3, -0.25) is 0 Å². The van der Waals surface area contributed by atoms with Crippen LogP contribution < -0.4 is 4.13 Å². The maximum atomic E-state index is 12.1. The van der Waals surface area contributed by atoms with Gasteiger partial charge in [-0.15, -0.1) is 4.13 Å². The minimum atomic E-state index is -5.89. The van der Waals surface area contributed by atoms with Gasteiger partial charge in [0.25, 0.3) is 0 Å². The van der Waals surface area contributed by atoms with E-state index in [2.05, 4.69) is 0 Å². The third kappa shape index (κ3) is 6.63. The summed E-state index contributed by atoms with van der Waals surface area (Å²) in [5.41, 5.74) is -5.57. The molecule has 0 heterocycles. The molecule has 1 N–H and O–H groups in total. The lowest BCUT2D eigenvalue weighted by Crippen LogP contribution is -2.41. The van der Waals surface area contributed by atoms with Crippen LogP contribution in [0.15, 0.2) is 0 Å². The zero-order chi connectivity index (χ0) is 17.1. The van der Waals surface area contributed by atoms with Crippen LogP contribution >= 0.6 is 0 Å². The standard InChI is InChI=1S/C9H20F3NO5S2Si/c1-8(21(3,4)18-2)6-5-7-19(14,15)13-20(16,17)9(10,11)12/h8,13H,5-7H2,1-4H3. The van der Waals surface area contributed by atoms with E-state index in [4.69, 9.17) is 4.43 Å². The van der Waals surface area contributed by atoms with Crippen molar-refractivity contribution in [2.24, 2.45) is 0 Å². The monoisotopic (exact) mass is 371 g/mol. The van der Waals surface area contributed by atoms with Gasteiger partial charge in [0.05, 0.1) is 5.75 Å². The zero-order valence-corrected chi connectivity index (χ0v) is 14.8. The molecule has 0 aromatic heterocycles. The number of hydrogen-bond acceptors (Lipinski definition) is 5. The molecule has 0 rings (SSSR count). The Labute approximate surface area is 124 Å². The van der Waals surface area contributed by atoms with Crippen LogP contribution in [0.2, 0.25) is 18.6 Å². The molecule has 0 amide bonds. The quantitative estimate of drug-likeness (QED) is 0.657. The Morgan fingerprint density at radius 1 is 1.19 bits per heavy atom. The molecule has 0 fully saturated rings. The normalized spacial score (nSPS) is 16.0. The van der Waals surface area contributed by atoms with E-state index in [-0.39, 0.29) is 12.0 Å². The van der Waals surface area contributed by atoms with Gasteiger partial charge in [0, 0.05) is 7.11 Å². The molecule has 128 valence electrons. The highest BCUT2D eigenvalue weighted by atomic mass is 32.3. The first-order chi connectivity index (χ1) is 9.15. The van der Waals surface area contributed by atoms with Crippen molar-refractivity contribution in [2.75, 3.05) is 12.9 Å². The maximum Gasteiger partial charge on any atom is 0.512 e. The highest BCUT2D eigenvalue weighted by Gasteiger charge is 2.48. The van der Waals surface area contributed by atoms with Crippen molar-refractivity contribution in [2.45, 2.75) is 43.9 Å². The molecule has 0 aromatic carbocycles. The van der Waals surface area contributed by atoms with E-state index < -0.39 is 39.6 Å². The van der Waals surface area contributed by atoms with E-state index in [1.54, 1.807) is 7.11 Å². The highest BCUT2D eigenvalue weighted by Crippen LogP contribution is 2.27. The van der Waals surface area contributed by atoms with Gasteiger partial charge in [0.1, 0.15) is 0 Å². The van der Waals surface area contributed by atoms with Crippen LogP contribution in [0.25, 0.3) is 0 Å². The van der Waals surface area contributed by atoms with E-state index >= 15 is 0 Å². The molecule has 0 aliphatic heterocycles. The fourth-order valence-corrected chi connectivity index (χ4v) is 5.28. The lowest BCUT2D eigenvalue weighted by molar-refractivity contribution is -0.0441. The number of nitrogens with one attached hydrogen (secondary N) is 1. The van der Waals surface area contributed by atoms with Crippen molar-refractivity contribution in [3.05, 3.63) is 0 Å². The predicted octanol–water partition coefficient (Wildman–Crippen LogP) is 1.78. The molecule has 0 saturated carbocycles. The number of sulfonamides is 2. The average molecular weight is 371 g/mol. The minimum Gasteiger partial charge on any atom is -0.420 e. The van der Waals surface area contributed by atoms with Crippen molar-refractivity contribution >= 4 is 28.4 Å². The van der Waals surface area contributed by atoms with Gasteiger partial charge in [-0.2, -0.15) is 13.2 Å². The highest BCUT2D eigenvalue weighted by molar-refractivity contribution is 8.05. The third-order valence-corrected chi connectivity index (χ3v) is 10.3. The fraction of sp³-hybridized carbons (Fsp3) is 1.00. The van der Waals surface area contributed by atoms with Crippen molar-refractivity contribution in [3.63, 3.8) is 0 Å². The van der Waals surface area contributed by atoms with Gasteiger partial charge in [0.15, 0.2) is 8.32 Å². The molecule has 0 aliphatic carbocycles. The smallest absolute Gasteiger partial charge is 0.420 e. The largest absolute Gasteiger partial charge is 0.512 e. The van der Waals surface area contributed by atoms with Crippen LogP contribution in [0.4, 0.5) is 13.2 Å². The van der Waals surface area contributed by atoms with Crippen LogP contribution in [0.1, 0.15) is 19.8 Å². The van der Waals surface area contributed by atoms with Crippen molar-refractivity contribution < 1.29 is 34.4 Å². The van der Waals surface area contributed by atoms with Crippen molar-refractivity contribution in [1.82, 2.24) is 4.13 Å². The Bertz CT molecular complexity index is 544. The van der Waals surface area contributed by atoms with Crippen molar-refractivity contribution in [3.8, 4) is 0 Å².